The van der Waals surface area contributed by atoms with E-state index in [-0.39, 0.29) is 68.6 Å². The molecular weight excluding hydrogens is 679 g/mol. The molecule has 0 bridgehead atoms. The number of nitrogens with zero attached hydrogens (tertiary/aromatic N) is 5. The van der Waals surface area contributed by atoms with E-state index < -0.39 is 28.9 Å². The third-order valence-electron chi connectivity index (χ3n) is 9.04. The van der Waals surface area contributed by atoms with Crippen LogP contribution in [0.4, 0.5) is 29.1 Å². The minimum Gasteiger partial charge on any atom is -0.444 e. The van der Waals surface area contributed by atoms with Gasteiger partial charge in [0.25, 0.3) is 0 Å². The van der Waals surface area contributed by atoms with E-state index >= 15 is 8.78 Å². The number of thiophene rings is 1. The summed E-state index contributed by atoms with van der Waals surface area (Å²) in [4.78, 5) is 29.6. The number of anilines is 2. The quantitative estimate of drug-likeness (QED) is 0.221. The summed E-state index contributed by atoms with van der Waals surface area (Å²) >= 11 is 0.875. The first-order chi connectivity index (χ1) is 24.0. The summed E-state index contributed by atoms with van der Waals surface area (Å²) in [5, 5.41) is 22.1. The Bertz CT molecular complexity index is 2080. The molecule has 14 heteroatoms. The van der Waals surface area contributed by atoms with E-state index in [2.05, 4.69) is 28.5 Å². The van der Waals surface area contributed by atoms with E-state index in [0.717, 1.165) is 24.2 Å². The predicted octanol–water partition coefficient (Wildman–Crippen LogP) is 8.51. The van der Waals surface area contributed by atoms with Gasteiger partial charge in [-0.2, -0.15) is 10.4 Å². The molecule has 2 amide bonds. The highest BCUT2D eigenvalue weighted by atomic mass is 32.1. The Hall–Kier alpha value is -4.61. The standard InChI is InChI=1S/C37H42F2N6O5S/c1-19-9-10-20(16-45(15-19)35(47)50-37(5,6)7)44(8)26-14-41-43-31-29(26)24-18-48-17-23(24)27(30(31)39)21-11-12-25(38)32-28(21)22(13-40)33(51-32)42-34(46)49-36(2,3)4/h11-12,14,19-20H,9-10,15-18H2,1-8H3,(H,42,46). The van der Waals surface area contributed by atoms with Gasteiger partial charge in [-0.3, -0.25) is 5.32 Å². The Morgan fingerprint density at radius 2 is 1.76 bits per heavy atom. The van der Waals surface area contributed by atoms with Crippen molar-refractivity contribution in [1.82, 2.24) is 15.1 Å². The summed E-state index contributed by atoms with van der Waals surface area (Å²) in [5.74, 6) is -1.06. The van der Waals surface area contributed by atoms with Crippen LogP contribution in [0, 0.1) is 28.9 Å². The van der Waals surface area contributed by atoms with Crippen molar-refractivity contribution < 1.29 is 32.6 Å². The summed E-state index contributed by atoms with van der Waals surface area (Å²) < 4.78 is 49.6. The van der Waals surface area contributed by atoms with Gasteiger partial charge in [0.2, 0.25) is 0 Å². The molecule has 1 fully saturated rings. The average molecular weight is 721 g/mol. The molecule has 0 spiro atoms. The summed E-state index contributed by atoms with van der Waals surface area (Å²) in [5.41, 5.74) is 0.839. The first-order valence-electron chi connectivity index (χ1n) is 16.9. The van der Waals surface area contributed by atoms with E-state index in [0.29, 0.717) is 35.3 Å². The molecule has 2 aromatic carbocycles. The molecule has 2 aromatic heterocycles. The first-order valence-corrected chi connectivity index (χ1v) is 17.7. The Kier molecular flexibility index (Phi) is 9.58. The van der Waals surface area contributed by atoms with Crippen LogP contribution in [0.1, 0.15) is 78.0 Å². The lowest BCUT2D eigenvalue weighted by Gasteiger charge is -2.34. The molecule has 270 valence electrons. The molecule has 4 heterocycles. The number of likely N-dealkylation sites (N-methyl/N-ethyl adjacent to an activating group) is 1. The fourth-order valence-electron chi connectivity index (χ4n) is 6.83. The monoisotopic (exact) mass is 720 g/mol. The number of benzene rings is 2. The number of carbonyl (C=O) groups excluding carboxylic acids is 2. The fraction of sp³-hybridized carbons (Fsp3) is 0.486. The number of amides is 2. The fourth-order valence-corrected chi connectivity index (χ4v) is 7.89. The van der Waals surface area contributed by atoms with Gasteiger partial charge in [-0.05, 0) is 83.1 Å². The second-order valence-electron chi connectivity index (χ2n) is 15.3. The van der Waals surface area contributed by atoms with Crippen LogP contribution in [0.15, 0.2) is 18.3 Å². The van der Waals surface area contributed by atoms with Crippen LogP contribution < -0.4 is 10.2 Å². The Labute approximate surface area is 299 Å². The van der Waals surface area contributed by atoms with Gasteiger partial charge in [-0.15, -0.1) is 16.4 Å². The van der Waals surface area contributed by atoms with Crippen LogP contribution in [0.5, 0.6) is 0 Å². The molecule has 6 rings (SSSR count). The zero-order chi connectivity index (χ0) is 37.0. The smallest absolute Gasteiger partial charge is 0.412 e. The van der Waals surface area contributed by atoms with Crippen LogP contribution in [-0.2, 0) is 27.4 Å². The predicted molar refractivity (Wildman–Crippen MR) is 192 cm³/mol. The van der Waals surface area contributed by atoms with Crippen molar-refractivity contribution in [3.8, 4) is 17.2 Å². The molecule has 51 heavy (non-hydrogen) atoms. The number of carbonyl (C=O) groups is 2. The molecule has 0 radical (unpaired) electrons. The lowest BCUT2D eigenvalue weighted by molar-refractivity contribution is 0.0230. The van der Waals surface area contributed by atoms with Crippen LogP contribution >= 0.6 is 11.3 Å². The Balaban J connectivity index is 1.47. The van der Waals surface area contributed by atoms with E-state index in [1.54, 1.807) is 31.9 Å². The molecule has 1 saturated heterocycles. The number of hydrogen-bond acceptors (Lipinski definition) is 10. The van der Waals surface area contributed by atoms with Gasteiger partial charge in [0.15, 0.2) is 5.82 Å². The minimum atomic E-state index is -0.807. The van der Waals surface area contributed by atoms with E-state index in [4.69, 9.17) is 14.2 Å². The maximum absolute atomic E-state index is 17.1. The number of nitriles is 1. The van der Waals surface area contributed by atoms with Gasteiger partial charge >= 0.3 is 12.2 Å². The van der Waals surface area contributed by atoms with Gasteiger partial charge in [0.1, 0.15) is 33.6 Å². The second-order valence-corrected chi connectivity index (χ2v) is 16.3. The van der Waals surface area contributed by atoms with Gasteiger partial charge in [0, 0.05) is 42.5 Å². The van der Waals surface area contributed by atoms with Crippen molar-refractivity contribution in [2.45, 2.75) is 91.8 Å². The van der Waals surface area contributed by atoms with Gasteiger partial charge < -0.3 is 24.0 Å². The van der Waals surface area contributed by atoms with Crippen molar-refractivity contribution in [3.63, 3.8) is 0 Å². The molecule has 2 aliphatic rings. The summed E-state index contributed by atoms with van der Waals surface area (Å²) in [6.07, 6.45) is 2.07. The van der Waals surface area contributed by atoms with Crippen molar-refractivity contribution in [3.05, 3.63) is 46.7 Å². The molecule has 2 atom stereocenters. The Morgan fingerprint density at radius 1 is 1.06 bits per heavy atom. The van der Waals surface area contributed by atoms with Crippen molar-refractivity contribution >= 4 is 55.2 Å². The zero-order valence-electron chi connectivity index (χ0n) is 30.1. The third kappa shape index (κ3) is 7.14. The molecule has 1 N–H and O–H groups in total. The SMILES string of the molecule is CC1CCC(N(C)c2cnnc3c(F)c(-c4ccc(F)c5sc(NC(=O)OC(C)(C)C)c(C#N)c45)c4c(c23)COC4)CN(C(=O)OC(C)(C)C)C1. The van der Waals surface area contributed by atoms with Crippen molar-refractivity contribution in [2.75, 3.05) is 30.4 Å². The summed E-state index contributed by atoms with van der Waals surface area (Å²) in [6.45, 7) is 13.9. The highest BCUT2D eigenvalue weighted by molar-refractivity contribution is 7.23. The van der Waals surface area contributed by atoms with Crippen molar-refractivity contribution in [2.24, 2.45) is 5.92 Å². The number of aromatic nitrogens is 2. The van der Waals surface area contributed by atoms with E-state index in [1.165, 1.54) is 12.1 Å². The molecule has 2 aliphatic heterocycles. The summed E-state index contributed by atoms with van der Waals surface area (Å²) in [6, 6.07) is 4.61. The van der Waals surface area contributed by atoms with Crippen LogP contribution in [0.25, 0.3) is 32.1 Å². The van der Waals surface area contributed by atoms with Crippen LogP contribution in [0.3, 0.4) is 0 Å². The minimum absolute atomic E-state index is 0.00269. The van der Waals surface area contributed by atoms with Crippen LogP contribution in [-0.4, -0.2) is 64.7 Å². The number of likely N-dealkylation sites (tertiary alicyclic amines) is 1. The largest absolute Gasteiger partial charge is 0.444 e. The maximum atomic E-state index is 17.1. The number of rotatable bonds is 4. The van der Waals surface area contributed by atoms with Gasteiger partial charge in [-0.25, -0.2) is 18.4 Å². The topological polar surface area (TPSA) is 130 Å². The lowest BCUT2D eigenvalue weighted by atomic mass is 9.90. The maximum Gasteiger partial charge on any atom is 0.412 e. The highest BCUT2D eigenvalue weighted by Crippen LogP contribution is 2.48. The van der Waals surface area contributed by atoms with Crippen LogP contribution in [0.2, 0.25) is 0 Å². The zero-order valence-corrected chi connectivity index (χ0v) is 30.9. The molecular formula is C37H42F2N6O5S. The highest BCUT2D eigenvalue weighted by Gasteiger charge is 2.34. The van der Waals surface area contributed by atoms with Gasteiger partial charge in [0.05, 0.1) is 35.4 Å². The molecule has 0 saturated carbocycles. The number of hydrogen-bond donors (Lipinski definition) is 1. The second kappa shape index (κ2) is 13.5. The van der Waals surface area contributed by atoms with Crippen molar-refractivity contribution in [1.29, 1.82) is 5.26 Å². The number of nitrogens with one attached hydrogen (secondary N) is 1. The number of halogens is 2. The molecule has 11 nitrogen and oxygen atoms in total. The summed E-state index contributed by atoms with van der Waals surface area (Å²) in [7, 11) is 1.91. The van der Waals surface area contributed by atoms with E-state index in [1.807, 2.05) is 32.7 Å². The number of fused-ring (bicyclic) bond motifs is 4. The number of ether oxygens (including phenoxy) is 3. The van der Waals surface area contributed by atoms with Gasteiger partial charge in [-0.1, -0.05) is 13.0 Å². The lowest BCUT2D eigenvalue weighted by Crippen LogP contribution is -2.45. The first kappa shape index (κ1) is 36.2. The molecule has 4 aromatic rings. The average Bonchev–Trinajstić information content (AvgIpc) is 3.60. The normalized spacial score (nSPS) is 17.9. The van der Waals surface area contributed by atoms with E-state index in [9.17, 15) is 14.9 Å². The Morgan fingerprint density at radius 3 is 2.45 bits per heavy atom. The third-order valence-corrected chi connectivity index (χ3v) is 10.2. The molecule has 0 aliphatic carbocycles. The molecule has 2 unspecified atom stereocenters.